The molecule has 0 aromatic heterocycles. The van der Waals surface area contributed by atoms with Crippen molar-refractivity contribution in [3.63, 3.8) is 0 Å². The molecule has 0 aromatic carbocycles. The van der Waals surface area contributed by atoms with Gasteiger partial charge in [-0.3, -0.25) is 14.4 Å². The summed E-state index contributed by atoms with van der Waals surface area (Å²) in [6.45, 7) is 8.47. The lowest BCUT2D eigenvalue weighted by Gasteiger charge is -2.56. The number of esters is 1. The first-order chi connectivity index (χ1) is 12.7. The van der Waals surface area contributed by atoms with Crippen molar-refractivity contribution < 1.29 is 19.1 Å². The van der Waals surface area contributed by atoms with Crippen LogP contribution in [-0.4, -0.2) is 23.6 Å². The van der Waals surface area contributed by atoms with E-state index in [1.165, 1.54) is 0 Å². The van der Waals surface area contributed by atoms with Crippen LogP contribution in [0.1, 0.15) is 72.6 Å². The molecule has 148 valence electrons. The van der Waals surface area contributed by atoms with Crippen LogP contribution in [-0.2, 0) is 19.1 Å². The summed E-state index contributed by atoms with van der Waals surface area (Å²) < 4.78 is 5.93. The van der Waals surface area contributed by atoms with Crippen molar-refractivity contribution >= 4 is 17.5 Å². The van der Waals surface area contributed by atoms with Crippen molar-refractivity contribution in [1.29, 1.82) is 0 Å². The third kappa shape index (κ3) is 2.58. The second-order valence-electron chi connectivity index (χ2n) is 9.88. The predicted molar refractivity (Wildman–Crippen MR) is 102 cm³/mol. The number of ether oxygens (including phenoxy) is 1. The van der Waals surface area contributed by atoms with E-state index in [9.17, 15) is 14.4 Å². The van der Waals surface area contributed by atoms with Gasteiger partial charge in [-0.05, 0) is 68.8 Å². The van der Waals surface area contributed by atoms with Gasteiger partial charge < -0.3 is 4.74 Å². The third-order valence-electron chi connectivity index (χ3n) is 8.62. The van der Waals surface area contributed by atoms with E-state index in [-0.39, 0.29) is 35.5 Å². The molecule has 4 rings (SSSR count). The summed E-state index contributed by atoms with van der Waals surface area (Å²) in [7, 11) is 0. The van der Waals surface area contributed by atoms with Crippen LogP contribution in [0, 0.1) is 34.5 Å². The first-order valence-electron chi connectivity index (χ1n) is 10.7. The van der Waals surface area contributed by atoms with Crippen LogP contribution < -0.4 is 0 Å². The molecule has 4 aliphatic rings. The van der Waals surface area contributed by atoms with Gasteiger partial charge in [0.05, 0.1) is 11.8 Å². The molecule has 4 nitrogen and oxygen atoms in total. The van der Waals surface area contributed by atoms with Crippen LogP contribution in [0.3, 0.4) is 0 Å². The Labute approximate surface area is 162 Å². The molecule has 0 amide bonds. The molecule has 7 atom stereocenters. The fraction of sp³-hybridized carbons (Fsp3) is 0.783. The van der Waals surface area contributed by atoms with Crippen LogP contribution in [0.5, 0.6) is 0 Å². The number of ketones is 2. The lowest BCUT2D eigenvalue weighted by molar-refractivity contribution is -0.162. The lowest BCUT2D eigenvalue weighted by atomic mass is 9.47. The number of rotatable bonds is 2. The van der Waals surface area contributed by atoms with E-state index in [2.05, 4.69) is 20.8 Å². The molecule has 0 aliphatic heterocycles. The Hall–Kier alpha value is -1.45. The average molecular weight is 373 g/mol. The smallest absolute Gasteiger partial charge is 0.305 e. The van der Waals surface area contributed by atoms with Gasteiger partial charge >= 0.3 is 5.97 Å². The van der Waals surface area contributed by atoms with Crippen molar-refractivity contribution in [3.8, 4) is 0 Å². The van der Waals surface area contributed by atoms with Crippen LogP contribution in [0.25, 0.3) is 0 Å². The minimum atomic E-state index is -0.459. The SMILES string of the molecule is CCC(=O)O[C@@H]1[C@H](C)C[C@H]2[C@@H]3CCC4=CC(=O)CC(=O)[C@]4(C)[C@H]3CC[C@]12C. The van der Waals surface area contributed by atoms with Crippen LogP contribution in [0.2, 0.25) is 0 Å². The van der Waals surface area contributed by atoms with Crippen molar-refractivity contribution in [2.45, 2.75) is 78.7 Å². The Bertz CT molecular complexity index is 722. The molecule has 0 aromatic rings. The Balaban J connectivity index is 1.66. The summed E-state index contributed by atoms with van der Waals surface area (Å²) >= 11 is 0. The van der Waals surface area contributed by atoms with E-state index in [1.807, 2.05) is 6.92 Å². The molecule has 0 unspecified atom stereocenters. The molecule has 0 N–H and O–H groups in total. The molecule has 0 bridgehead atoms. The molecule has 0 spiro atoms. The molecule has 3 fully saturated rings. The molecule has 27 heavy (non-hydrogen) atoms. The Morgan fingerprint density at radius 1 is 1.22 bits per heavy atom. The molecule has 4 heteroatoms. The van der Waals surface area contributed by atoms with Crippen LogP contribution in [0.15, 0.2) is 11.6 Å². The zero-order valence-electron chi connectivity index (χ0n) is 17.0. The van der Waals surface area contributed by atoms with Gasteiger partial charge in [0.1, 0.15) is 6.10 Å². The maximum absolute atomic E-state index is 13.0. The average Bonchev–Trinajstić information content (AvgIpc) is 2.87. The van der Waals surface area contributed by atoms with Gasteiger partial charge in [0.2, 0.25) is 0 Å². The zero-order valence-corrected chi connectivity index (χ0v) is 17.0. The highest BCUT2D eigenvalue weighted by Gasteiger charge is 2.63. The van der Waals surface area contributed by atoms with Gasteiger partial charge in [-0.2, -0.15) is 0 Å². The minimum Gasteiger partial charge on any atom is -0.461 e. The molecule has 0 heterocycles. The standard InChI is InChI=1S/C23H32O4/c1-5-20(26)27-21-13(2)10-18-16-7-6-14-11-15(24)12-19(25)23(14,4)17(16)8-9-22(18,21)3/h11,13,16-18,21H,5-10,12H2,1-4H3/t13-,16-,17+,18+,21-,22+,23+/m1/s1. The fourth-order valence-electron chi connectivity index (χ4n) is 7.22. The molecular weight excluding hydrogens is 340 g/mol. The number of carbonyl (C=O) groups excluding carboxylic acids is 3. The van der Waals surface area contributed by atoms with Gasteiger partial charge in [-0.15, -0.1) is 0 Å². The second kappa shape index (κ2) is 6.28. The van der Waals surface area contributed by atoms with E-state index >= 15 is 0 Å². The summed E-state index contributed by atoms with van der Waals surface area (Å²) in [6.07, 6.45) is 7.21. The summed E-state index contributed by atoms with van der Waals surface area (Å²) in [5, 5.41) is 0. The molecular formula is C23H32O4. The van der Waals surface area contributed by atoms with Crippen molar-refractivity contribution in [3.05, 3.63) is 11.6 Å². The number of fused-ring (bicyclic) bond motifs is 5. The molecule has 4 aliphatic carbocycles. The molecule has 3 saturated carbocycles. The summed E-state index contributed by atoms with van der Waals surface area (Å²) in [5.41, 5.74) is 0.629. The van der Waals surface area contributed by atoms with Gasteiger partial charge in [0.15, 0.2) is 11.6 Å². The normalized spacial score (nSPS) is 46.2. The second-order valence-corrected chi connectivity index (χ2v) is 9.88. The minimum absolute atomic E-state index is 0.00993. The number of hydrogen-bond acceptors (Lipinski definition) is 4. The topological polar surface area (TPSA) is 60.4 Å². The number of hydrogen-bond donors (Lipinski definition) is 0. The number of carbonyl (C=O) groups is 3. The van der Waals surface area contributed by atoms with E-state index < -0.39 is 5.41 Å². The predicted octanol–water partition coefficient (Wildman–Crippen LogP) is 4.27. The first-order valence-corrected chi connectivity index (χ1v) is 10.7. The monoisotopic (exact) mass is 372 g/mol. The van der Waals surface area contributed by atoms with E-state index in [0.29, 0.717) is 30.1 Å². The maximum Gasteiger partial charge on any atom is 0.305 e. The quantitative estimate of drug-likeness (QED) is 0.537. The number of allylic oxidation sites excluding steroid dienone is 1. The maximum atomic E-state index is 13.0. The van der Waals surface area contributed by atoms with E-state index in [1.54, 1.807) is 6.08 Å². The highest BCUT2D eigenvalue weighted by molar-refractivity contribution is 6.11. The Kier molecular flexibility index (Phi) is 4.40. The first kappa shape index (κ1) is 18.9. The zero-order chi connectivity index (χ0) is 19.6. The molecule has 0 saturated heterocycles. The Morgan fingerprint density at radius 3 is 2.67 bits per heavy atom. The summed E-state index contributed by atoms with van der Waals surface area (Å²) in [6, 6.07) is 0. The largest absolute Gasteiger partial charge is 0.461 e. The van der Waals surface area contributed by atoms with Gasteiger partial charge in [0, 0.05) is 11.8 Å². The van der Waals surface area contributed by atoms with Crippen LogP contribution in [0.4, 0.5) is 0 Å². The third-order valence-corrected chi connectivity index (χ3v) is 8.62. The van der Waals surface area contributed by atoms with E-state index in [4.69, 9.17) is 4.74 Å². The highest BCUT2D eigenvalue weighted by Crippen LogP contribution is 2.66. The van der Waals surface area contributed by atoms with Crippen molar-refractivity contribution in [1.82, 2.24) is 0 Å². The van der Waals surface area contributed by atoms with Gasteiger partial charge in [-0.1, -0.05) is 26.3 Å². The van der Waals surface area contributed by atoms with Crippen molar-refractivity contribution in [2.75, 3.05) is 0 Å². The van der Waals surface area contributed by atoms with Gasteiger partial charge in [-0.25, -0.2) is 0 Å². The van der Waals surface area contributed by atoms with Gasteiger partial charge in [0.25, 0.3) is 0 Å². The summed E-state index contributed by atoms with van der Waals surface area (Å²) in [5.74, 6) is 1.67. The van der Waals surface area contributed by atoms with Crippen LogP contribution >= 0.6 is 0 Å². The summed E-state index contributed by atoms with van der Waals surface area (Å²) in [4.78, 5) is 36.9. The Morgan fingerprint density at radius 2 is 1.96 bits per heavy atom. The lowest BCUT2D eigenvalue weighted by Crippen LogP contribution is -2.54. The van der Waals surface area contributed by atoms with Crippen molar-refractivity contribution in [2.24, 2.45) is 34.5 Å². The fourth-order valence-corrected chi connectivity index (χ4v) is 7.22. The molecule has 0 radical (unpaired) electrons. The number of Topliss-reactive ketones (excluding diaryl/α,β-unsaturated/α-hetero) is 1. The highest BCUT2D eigenvalue weighted by atomic mass is 16.5. The van der Waals surface area contributed by atoms with E-state index in [0.717, 1.165) is 37.7 Å².